The summed E-state index contributed by atoms with van der Waals surface area (Å²) in [7, 11) is 0. The molecule has 4 heteroatoms. The molecule has 0 aromatic heterocycles. The van der Waals surface area contributed by atoms with Crippen LogP contribution >= 0.6 is 0 Å². The van der Waals surface area contributed by atoms with Gasteiger partial charge in [-0.25, -0.2) is 0 Å². The lowest BCUT2D eigenvalue weighted by molar-refractivity contribution is 0.106. The molecule has 2 spiro atoms. The normalized spacial score (nSPS) is 30.1. The van der Waals surface area contributed by atoms with Gasteiger partial charge in [-0.05, 0) is 73.1 Å². The van der Waals surface area contributed by atoms with Crippen LogP contribution in [0.4, 0.5) is 11.4 Å². The summed E-state index contributed by atoms with van der Waals surface area (Å²) in [4.78, 5) is 2.62. The second-order valence-corrected chi connectivity index (χ2v) is 11.8. The number of anilines is 2. The van der Waals surface area contributed by atoms with E-state index in [2.05, 4.69) is 114 Å². The molecule has 4 aliphatic heterocycles. The molecule has 194 valence electrons. The van der Waals surface area contributed by atoms with E-state index in [0.717, 1.165) is 38.6 Å². The van der Waals surface area contributed by atoms with E-state index in [1.54, 1.807) is 11.1 Å². The van der Waals surface area contributed by atoms with E-state index in [1.807, 2.05) is 0 Å². The first-order chi connectivity index (χ1) is 18.1. The molecular weight excluding hydrogens is 452 g/mol. The third-order valence-electron chi connectivity index (χ3n) is 9.86. The molecule has 4 nitrogen and oxygen atoms in total. The van der Waals surface area contributed by atoms with Crippen molar-refractivity contribution in [2.24, 2.45) is 11.8 Å². The minimum absolute atomic E-state index is 0.337. The lowest BCUT2D eigenvalue weighted by Crippen LogP contribution is -2.49. The fourth-order valence-electron chi connectivity index (χ4n) is 7.48. The van der Waals surface area contributed by atoms with Gasteiger partial charge in [-0.1, -0.05) is 80.6 Å². The molecule has 4 heterocycles. The summed E-state index contributed by atoms with van der Waals surface area (Å²) in [5, 5.41) is 10.7. The lowest BCUT2D eigenvalue weighted by Gasteiger charge is -2.44. The molecule has 2 saturated heterocycles. The fraction of sp³-hybridized carbons (Fsp3) is 0.455. The molecule has 0 amide bonds. The quantitative estimate of drug-likeness (QED) is 0.417. The average Bonchev–Trinajstić information content (AvgIpc) is 3.50. The standard InChI is InChI=1S/C20H24N2.C13H18N2/c1-16-13-22(14-17-7-3-2-4-8-17)12-11-20(16)15-21-19-10-6-5-9-18(19)20;1-10-8-14-7-6-13(10)9-15-12-5-3-2-4-11(12)13/h2-10,16,21H,11-15H2,1H3;2-5,10,14-15H,6-9H2,1H3. The van der Waals surface area contributed by atoms with Crippen LogP contribution in [0.25, 0.3) is 0 Å². The van der Waals surface area contributed by atoms with Gasteiger partial charge in [-0.3, -0.25) is 4.90 Å². The molecule has 4 atom stereocenters. The molecule has 0 radical (unpaired) electrons. The molecule has 0 aliphatic carbocycles. The van der Waals surface area contributed by atoms with Crippen molar-refractivity contribution in [2.45, 2.75) is 44.1 Å². The van der Waals surface area contributed by atoms with Crippen LogP contribution < -0.4 is 16.0 Å². The zero-order valence-corrected chi connectivity index (χ0v) is 22.5. The van der Waals surface area contributed by atoms with Gasteiger partial charge >= 0.3 is 0 Å². The van der Waals surface area contributed by atoms with Crippen molar-refractivity contribution in [2.75, 3.05) is 49.9 Å². The van der Waals surface area contributed by atoms with Crippen LogP contribution in [0.2, 0.25) is 0 Å². The Balaban J connectivity index is 0.000000146. The summed E-state index contributed by atoms with van der Waals surface area (Å²) < 4.78 is 0. The Hall–Kier alpha value is -2.82. The van der Waals surface area contributed by atoms with Crippen molar-refractivity contribution in [1.29, 1.82) is 0 Å². The number of piperidine rings is 2. The highest BCUT2D eigenvalue weighted by atomic mass is 15.1. The maximum atomic E-state index is 3.64. The van der Waals surface area contributed by atoms with Gasteiger partial charge in [0.05, 0.1) is 0 Å². The van der Waals surface area contributed by atoms with Crippen molar-refractivity contribution >= 4 is 11.4 Å². The summed E-state index contributed by atoms with van der Waals surface area (Å²) in [5.41, 5.74) is 7.94. The Morgan fingerprint density at radius 2 is 1.32 bits per heavy atom. The third kappa shape index (κ3) is 4.45. The second kappa shape index (κ2) is 10.2. The fourth-order valence-corrected chi connectivity index (χ4v) is 7.48. The Kier molecular flexibility index (Phi) is 6.73. The number of nitrogens with zero attached hydrogens (tertiary/aromatic N) is 1. The molecule has 3 aromatic carbocycles. The van der Waals surface area contributed by atoms with E-state index in [4.69, 9.17) is 0 Å². The summed E-state index contributed by atoms with van der Waals surface area (Å²) in [5.74, 6) is 1.41. The Morgan fingerprint density at radius 1 is 0.730 bits per heavy atom. The zero-order valence-electron chi connectivity index (χ0n) is 22.5. The number of para-hydroxylation sites is 2. The van der Waals surface area contributed by atoms with Crippen LogP contribution in [0.15, 0.2) is 78.9 Å². The van der Waals surface area contributed by atoms with Crippen LogP contribution in [-0.4, -0.2) is 44.2 Å². The first-order valence-electron chi connectivity index (χ1n) is 14.2. The van der Waals surface area contributed by atoms with E-state index in [9.17, 15) is 0 Å². The number of benzene rings is 3. The minimum Gasteiger partial charge on any atom is -0.384 e. The Bertz CT molecular complexity index is 1210. The molecule has 0 bridgehead atoms. The van der Waals surface area contributed by atoms with Gasteiger partial charge in [-0.15, -0.1) is 0 Å². The number of rotatable bonds is 2. The SMILES string of the molecule is CC1CN(Cc2ccccc2)CCC12CNc1ccccc12.CC1CNCCC12CNc1ccccc12. The molecule has 37 heavy (non-hydrogen) atoms. The highest BCUT2D eigenvalue weighted by Gasteiger charge is 2.46. The molecule has 0 saturated carbocycles. The largest absolute Gasteiger partial charge is 0.384 e. The van der Waals surface area contributed by atoms with Crippen LogP contribution in [0.3, 0.4) is 0 Å². The van der Waals surface area contributed by atoms with Crippen molar-refractivity contribution in [3.63, 3.8) is 0 Å². The number of hydrogen-bond acceptors (Lipinski definition) is 4. The molecule has 2 fully saturated rings. The van der Waals surface area contributed by atoms with E-state index in [-0.39, 0.29) is 0 Å². The predicted octanol–water partition coefficient (Wildman–Crippen LogP) is 5.87. The highest BCUT2D eigenvalue weighted by Crippen LogP contribution is 2.47. The molecule has 3 aromatic rings. The van der Waals surface area contributed by atoms with Crippen molar-refractivity contribution in [1.82, 2.24) is 10.2 Å². The molecule has 7 rings (SSSR count). The van der Waals surface area contributed by atoms with Gasteiger partial charge in [0.25, 0.3) is 0 Å². The molecule has 4 unspecified atom stereocenters. The van der Waals surface area contributed by atoms with Crippen LogP contribution in [0.1, 0.15) is 43.4 Å². The van der Waals surface area contributed by atoms with E-state index < -0.39 is 0 Å². The van der Waals surface area contributed by atoms with Gasteiger partial charge in [0.2, 0.25) is 0 Å². The van der Waals surface area contributed by atoms with Gasteiger partial charge in [0.15, 0.2) is 0 Å². The van der Waals surface area contributed by atoms with Crippen LogP contribution in [-0.2, 0) is 17.4 Å². The highest BCUT2D eigenvalue weighted by molar-refractivity contribution is 5.61. The van der Waals surface area contributed by atoms with Gasteiger partial charge in [0.1, 0.15) is 0 Å². The first-order valence-corrected chi connectivity index (χ1v) is 14.2. The molecule has 3 N–H and O–H groups in total. The summed E-state index contributed by atoms with van der Waals surface area (Å²) >= 11 is 0. The summed E-state index contributed by atoms with van der Waals surface area (Å²) in [6.07, 6.45) is 2.52. The van der Waals surface area contributed by atoms with Crippen molar-refractivity contribution < 1.29 is 0 Å². The number of fused-ring (bicyclic) bond motifs is 4. The first kappa shape index (κ1) is 24.5. The maximum absolute atomic E-state index is 3.64. The summed E-state index contributed by atoms with van der Waals surface area (Å²) in [6, 6.07) is 28.5. The Morgan fingerprint density at radius 3 is 1.95 bits per heavy atom. The van der Waals surface area contributed by atoms with Crippen molar-refractivity contribution in [3.8, 4) is 0 Å². The smallest absolute Gasteiger partial charge is 0.0379 e. The van der Waals surface area contributed by atoms with Gasteiger partial charge in [-0.2, -0.15) is 0 Å². The zero-order chi connectivity index (χ0) is 25.3. The topological polar surface area (TPSA) is 39.3 Å². The number of nitrogens with one attached hydrogen (secondary N) is 3. The monoisotopic (exact) mass is 494 g/mol. The minimum atomic E-state index is 0.337. The maximum Gasteiger partial charge on any atom is 0.0379 e. The van der Waals surface area contributed by atoms with E-state index >= 15 is 0 Å². The van der Waals surface area contributed by atoms with Gasteiger partial charge in [0, 0.05) is 48.4 Å². The number of hydrogen-bond donors (Lipinski definition) is 3. The van der Waals surface area contributed by atoms with Crippen molar-refractivity contribution in [3.05, 3.63) is 95.6 Å². The molecule has 4 aliphatic rings. The predicted molar refractivity (Wildman–Crippen MR) is 155 cm³/mol. The van der Waals surface area contributed by atoms with E-state index in [1.165, 1.54) is 42.9 Å². The van der Waals surface area contributed by atoms with Crippen LogP contribution in [0.5, 0.6) is 0 Å². The second-order valence-electron chi connectivity index (χ2n) is 11.8. The number of likely N-dealkylation sites (tertiary alicyclic amines) is 1. The molecular formula is C33H42N4. The Labute approximate surface area is 222 Å². The van der Waals surface area contributed by atoms with E-state index in [0.29, 0.717) is 16.7 Å². The van der Waals surface area contributed by atoms with Gasteiger partial charge < -0.3 is 16.0 Å². The van der Waals surface area contributed by atoms with Crippen LogP contribution in [0, 0.1) is 11.8 Å². The average molecular weight is 495 g/mol. The summed E-state index contributed by atoms with van der Waals surface area (Å²) in [6.45, 7) is 12.8. The third-order valence-corrected chi connectivity index (χ3v) is 9.86. The lowest BCUT2D eigenvalue weighted by atomic mass is 9.68.